The fraction of sp³-hybridized carbons (Fsp3) is 0.562. The van der Waals surface area contributed by atoms with E-state index in [4.69, 9.17) is 4.74 Å². The third-order valence-corrected chi connectivity index (χ3v) is 5.20. The molecule has 0 unspecified atom stereocenters. The van der Waals surface area contributed by atoms with Crippen molar-refractivity contribution >= 4 is 28.8 Å². The molecule has 0 saturated heterocycles. The zero-order chi connectivity index (χ0) is 18.3. The molecule has 0 aliphatic heterocycles. The van der Waals surface area contributed by atoms with Gasteiger partial charge in [0.25, 0.3) is 5.56 Å². The first kappa shape index (κ1) is 17.7. The fourth-order valence-corrected chi connectivity index (χ4v) is 3.47. The van der Waals surface area contributed by atoms with Gasteiger partial charge in [0.2, 0.25) is 0 Å². The minimum Gasteiger partial charge on any atom is -0.465 e. The van der Waals surface area contributed by atoms with Gasteiger partial charge in [0.1, 0.15) is 21.5 Å². The van der Waals surface area contributed by atoms with Crippen LogP contribution in [0.4, 0.5) is 0 Å². The van der Waals surface area contributed by atoms with Crippen LogP contribution >= 0.6 is 11.8 Å². The standard InChI is InChI=1S/C16H20N4O4S/c1-5-24-15(22)8(2)25-13-10-12(17-11(18-13)9-6-7-9)19(3)16(23)20(4)14(10)21/h8-9H,5-7H2,1-4H3/t8-/m1/s1. The van der Waals surface area contributed by atoms with Crippen LogP contribution in [-0.2, 0) is 23.6 Å². The number of carbonyl (C=O) groups excluding carboxylic acids is 1. The first-order valence-electron chi connectivity index (χ1n) is 8.16. The summed E-state index contributed by atoms with van der Waals surface area (Å²) in [4.78, 5) is 45.8. The molecule has 1 saturated carbocycles. The predicted octanol–water partition coefficient (Wildman–Crippen LogP) is 0.948. The lowest BCUT2D eigenvalue weighted by Gasteiger charge is -2.14. The Balaban J connectivity index is 2.20. The second kappa shape index (κ2) is 6.62. The fourth-order valence-electron chi connectivity index (χ4n) is 2.53. The molecule has 8 nitrogen and oxygen atoms in total. The monoisotopic (exact) mass is 364 g/mol. The van der Waals surface area contributed by atoms with E-state index in [0.29, 0.717) is 16.5 Å². The molecule has 1 aliphatic rings. The van der Waals surface area contributed by atoms with Crippen molar-refractivity contribution in [1.82, 2.24) is 19.1 Å². The lowest BCUT2D eigenvalue weighted by atomic mass is 10.3. The second-order valence-electron chi connectivity index (χ2n) is 6.08. The van der Waals surface area contributed by atoms with Crippen LogP contribution in [-0.4, -0.2) is 36.9 Å². The number of aryl methyl sites for hydroxylation is 1. The predicted molar refractivity (Wildman–Crippen MR) is 93.9 cm³/mol. The number of aromatic nitrogens is 4. The Kier molecular flexibility index (Phi) is 4.68. The summed E-state index contributed by atoms with van der Waals surface area (Å²) in [6.07, 6.45) is 1.98. The van der Waals surface area contributed by atoms with Gasteiger partial charge in [0.15, 0.2) is 5.65 Å². The van der Waals surface area contributed by atoms with Gasteiger partial charge in [0.05, 0.1) is 6.61 Å². The molecule has 0 aromatic carbocycles. The summed E-state index contributed by atoms with van der Waals surface area (Å²) in [5, 5.41) is 0.158. The van der Waals surface area contributed by atoms with Crippen molar-refractivity contribution in [3.8, 4) is 0 Å². The number of carbonyl (C=O) groups is 1. The summed E-state index contributed by atoms with van der Waals surface area (Å²) in [6, 6.07) is 0. The number of nitrogens with zero attached hydrogens (tertiary/aromatic N) is 4. The molecule has 25 heavy (non-hydrogen) atoms. The van der Waals surface area contributed by atoms with Gasteiger partial charge in [-0.25, -0.2) is 14.8 Å². The van der Waals surface area contributed by atoms with Gasteiger partial charge in [-0.3, -0.25) is 18.7 Å². The number of hydrogen-bond donors (Lipinski definition) is 0. The van der Waals surface area contributed by atoms with Gasteiger partial charge < -0.3 is 4.74 Å². The molecule has 9 heteroatoms. The molecule has 0 spiro atoms. The van der Waals surface area contributed by atoms with Crippen LogP contribution in [0.3, 0.4) is 0 Å². The SMILES string of the molecule is CCOC(=O)[C@@H](C)Sc1nc(C2CC2)nc2c1c(=O)n(C)c(=O)n2C. The Morgan fingerprint density at radius 3 is 2.56 bits per heavy atom. The molecule has 1 fully saturated rings. The average Bonchev–Trinajstić information content (AvgIpc) is 3.42. The molecule has 0 N–H and O–H groups in total. The number of fused-ring (bicyclic) bond motifs is 1. The largest absolute Gasteiger partial charge is 0.465 e. The van der Waals surface area contributed by atoms with Crippen molar-refractivity contribution in [2.45, 2.75) is 42.9 Å². The molecule has 0 radical (unpaired) electrons. The highest BCUT2D eigenvalue weighted by Crippen LogP contribution is 2.39. The Bertz CT molecular complexity index is 961. The van der Waals surface area contributed by atoms with E-state index in [1.54, 1.807) is 20.9 Å². The molecule has 0 amide bonds. The topological polar surface area (TPSA) is 96.1 Å². The molecule has 3 rings (SSSR count). The summed E-state index contributed by atoms with van der Waals surface area (Å²) >= 11 is 1.16. The van der Waals surface area contributed by atoms with Gasteiger partial charge in [-0.15, -0.1) is 0 Å². The molecule has 134 valence electrons. The zero-order valence-electron chi connectivity index (χ0n) is 14.6. The highest BCUT2D eigenvalue weighted by Gasteiger charge is 2.30. The summed E-state index contributed by atoms with van der Waals surface area (Å²) in [7, 11) is 3.00. The number of thioether (sulfide) groups is 1. The maximum atomic E-state index is 12.6. The van der Waals surface area contributed by atoms with E-state index in [2.05, 4.69) is 9.97 Å². The van der Waals surface area contributed by atoms with Crippen LogP contribution < -0.4 is 11.2 Å². The van der Waals surface area contributed by atoms with E-state index in [-0.39, 0.29) is 23.9 Å². The maximum Gasteiger partial charge on any atom is 0.332 e. The van der Waals surface area contributed by atoms with Crippen LogP contribution in [0.5, 0.6) is 0 Å². The lowest BCUT2D eigenvalue weighted by Crippen LogP contribution is -2.38. The van der Waals surface area contributed by atoms with Crippen LogP contribution in [0.2, 0.25) is 0 Å². The first-order chi connectivity index (χ1) is 11.8. The van der Waals surface area contributed by atoms with Gasteiger partial charge >= 0.3 is 11.7 Å². The van der Waals surface area contributed by atoms with E-state index in [1.165, 1.54) is 11.6 Å². The third kappa shape index (κ3) is 3.20. The van der Waals surface area contributed by atoms with Crippen LogP contribution in [0.1, 0.15) is 38.4 Å². The number of rotatable bonds is 5. The molecule has 2 aromatic heterocycles. The Hall–Kier alpha value is -2.16. The average molecular weight is 364 g/mol. The van der Waals surface area contributed by atoms with Gasteiger partial charge in [0, 0.05) is 20.0 Å². The summed E-state index contributed by atoms with van der Waals surface area (Å²) in [5.74, 6) is 0.504. The van der Waals surface area contributed by atoms with Crippen molar-refractivity contribution in [3.05, 3.63) is 26.7 Å². The van der Waals surface area contributed by atoms with Gasteiger partial charge in [-0.1, -0.05) is 11.8 Å². The van der Waals surface area contributed by atoms with E-state index < -0.39 is 16.5 Å². The van der Waals surface area contributed by atoms with Crippen molar-refractivity contribution in [3.63, 3.8) is 0 Å². The Morgan fingerprint density at radius 2 is 1.96 bits per heavy atom. The van der Waals surface area contributed by atoms with Gasteiger partial charge in [-0.2, -0.15) is 0 Å². The molecule has 2 heterocycles. The smallest absolute Gasteiger partial charge is 0.332 e. The molecule has 0 bridgehead atoms. The number of esters is 1. The van der Waals surface area contributed by atoms with Crippen molar-refractivity contribution in [2.24, 2.45) is 14.1 Å². The van der Waals surface area contributed by atoms with E-state index >= 15 is 0 Å². The zero-order valence-corrected chi connectivity index (χ0v) is 15.4. The highest BCUT2D eigenvalue weighted by atomic mass is 32.2. The quantitative estimate of drug-likeness (QED) is 0.443. The van der Waals surface area contributed by atoms with Crippen LogP contribution in [0.15, 0.2) is 14.6 Å². The van der Waals surface area contributed by atoms with Crippen molar-refractivity contribution < 1.29 is 9.53 Å². The van der Waals surface area contributed by atoms with Crippen LogP contribution in [0, 0.1) is 0 Å². The van der Waals surface area contributed by atoms with Crippen molar-refractivity contribution in [2.75, 3.05) is 6.61 Å². The summed E-state index contributed by atoms with van der Waals surface area (Å²) < 4.78 is 7.41. The second-order valence-corrected chi connectivity index (χ2v) is 7.41. The first-order valence-corrected chi connectivity index (χ1v) is 9.04. The van der Waals surface area contributed by atoms with Crippen molar-refractivity contribution in [1.29, 1.82) is 0 Å². The van der Waals surface area contributed by atoms with Gasteiger partial charge in [-0.05, 0) is 26.7 Å². The molecule has 2 aromatic rings. The molecule has 1 atom stereocenters. The molecular weight excluding hydrogens is 344 g/mol. The number of hydrogen-bond acceptors (Lipinski definition) is 7. The third-order valence-electron chi connectivity index (χ3n) is 4.13. The normalized spacial score (nSPS) is 15.4. The summed E-state index contributed by atoms with van der Waals surface area (Å²) in [6.45, 7) is 3.74. The van der Waals surface area contributed by atoms with Crippen LogP contribution in [0.25, 0.3) is 11.0 Å². The minimum atomic E-state index is -0.521. The van der Waals surface area contributed by atoms with E-state index in [9.17, 15) is 14.4 Å². The summed E-state index contributed by atoms with van der Waals surface area (Å²) in [5.41, 5.74) is -0.588. The maximum absolute atomic E-state index is 12.6. The number of ether oxygens (including phenoxy) is 1. The molecular formula is C16H20N4O4S. The Morgan fingerprint density at radius 1 is 1.28 bits per heavy atom. The molecule has 1 aliphatic carbocycles. The lowest BCUT2D eigenvalue weighted by molar-refractivity contribution is -0.142. The Labute approximate surface area is 148 Å². The highest BCUT2D eigenvalue weighted by molar-refractivity contribution is 8.00. The van der Waals surface area contributed by atoms with E-state index in [0.717, 1.165) is 29.2 Å². The van der Waals surface area contributed by atoms with E-state index in [1.807, 2.05) is 0 Å². The minimum absolute atomic E-state index is 0.251.